The zero-order valence-corrected chi connectivity index (χ0v) is 16.1. The van der Waals surface area contributed by atoms with Crippen LogP contribution in [0.5, 0.6) is 0 Å². The number of hydrogen-bond donors (Lipinski definition) is 1. The molecule has 0 saturated carbocycles. The number of hydrogen-bond acceptors (Lipinski definition) is 5. The molecule has 28 heavy (non-hydrogen) atoms. The topological polar surface area (TPSA) is 71.3 Å². The summed E-state index contributed by atoms with van der Waals surface area (Å²) in [5, 5.41) is 12.0. The molecule has 1 atom stereocenters. The van der Waals surface area contributed by atoms with Crippen molar-refractivity contribution in [3.8, 4) is 0 Å². The van der Waals surface area contributed by atoms with Crippen molar-refractivity contribution in [1.82, 2.24) is 15.5 Å². The number of benzene rings is 2. The highest BCUT2D eigenvalue weighted by atomic mass is 35.5. The first-order valence-corrected chi connectivity index (χ1v) is 9.78. The van der Waals surface area contributed by atoms with Gasteiger partial charge in [-0.25, -0.2) is 0 Å². The number of amides is 1. The van der Waals surface area contributed by atoms with Gasteiger partial charge in [0.2, 0.25) is 5.89 Å². The van der Waals surface area contributed by atoms with Gasteiger partial charge < -0.3 is 14.6 Å². The molecule has 7 heteroatoms. The van der Waals surface area contributed by atoms with E-state index in [2.05, 4.69) is 20.4 Å². The van der Waals surface area contributed by atoms with Gasteiger partial charge in [-0.05, 0) is 49.1 Å². The fraction of sp³-hybridized carbons (Fsp3) is 0.286. The molecule has 0 radical (unpaired) electrons. The van der Waals surface area contributed by atoms with E-state index in [0.717, 1.165) is 31.5 Å². The van der Waals surface area contributed by atoms with Gasteiger partial charge in [-0.1, -0.05) is 47.0 Å². The summed E-state index contributed by atoms with van der Waals surface area (Å²) in [5.74, 6) is 0.136. The van der Waals surface area contributed by atoms with E-state index < -0.39 is 6.04 Å². The second kappa shape index (κ2) is 8.44. The summed E-state index contributed by atoms with van der Waals surface area (Å²) in [4.78, 5) is 14.9. The molecule has 2 aromatic carbocycles. The minimum Gasteiger partial charge on any atom is -0.405 e. The zero-order valence-electron chi connectivity index (χ0n) is 15.3. The van der Waals surface area contributed by atoms with Gasteiger partial charge in [0.25, 0.3) is 5.91 Å². The second-order valence-electron chi connectivity index (χ2n) is 6.79. The lowest BCUT2D eigenvalue weighted by Crippen LogP contribution is -2.30. The number of nitrogens with one attached hydrogen (secondary N) is 1. The Morgan fingerprint density at radius 2 is 1.71 bits per heavy atom. The molecule has 0 unspecified atom stereocenters. The number of anilines is 1. The van der Waals surface area contributed by atoms with Crippen LogP contribution in [-0.4, -0.2) is 29.2 Å². The third-order valence-corrected chi connectivity index (χ3v) is 5.07. The van der Waals surface area contributed by atoms with Crippen LogP contribution in [0.3, 0.4) is 0 Å². The van der Waals surface area contributed by atoms with Crippen LogP contribution in [0.4, 0.5) is 6.01 Å². The predicted molar refractivity (Wildman–Crippen MR) is 108 cm³/mol. The minimum atomic E-state index is -0.532. The van der Waals surface area contributed by atoms with E-state index in [1.54, 1.807) is 24.3 Å². The molecule has 1 aromatic heterocycles. The Hall–Kier alpha value is -2.86. The molecule has 144 valence electrons. The van der Waals surface area contributed by atoms with Gasteiger partial charge in [0.05, 0.1) is 0 Å². The normalized spacial score (nSPS) is 15.2. The lowest BCUT2D eigenvalue weighted by atomic mass is 10.1. The summed E-state index contributed by atoms with van der Waals surface area (Å²) in [6.45, 7) is 1.82. The first-order chi connectivity index (χ1) is 13.7. The standard InChI is InChI=1S/C21H21ClN4O2/c22-17-11-9-16(10-12-17)19(27)23-18(15-7-3-1-4-8-15)20-24-25-21(28-20)26-13-5-2-6-14-26/h1,3-4,7-12,18H,2,5-6,13-14H2,(H,23,27)/t18-/m0/s1. The fourth-order valence-electron chi connectivity index (χ4n) is 3.30. The third kappa shape index (κ3) is 4.17. The number of halogens is 1. The lowest BCUT2D eigenvalue weighted by molar-refractivity contribution is 0.0938. The van der Waals surface area contributed by atoms with Crippen LogP contribution in [0, 0.1) is 0 Å². The highest BCUT2D eigenvalue weighted by Gasteiger charge is 2.25. The molecule has 4 rings (SSSR count). The molecule has 6 nitrogen and oxygen atoms in total. The molecule has 0 bridgehead atoms. The van der Waals surface area contributed by atoms with E-state index in [1.165, 1.54) is 6.42 Å². The largest absolute Gasteiger partial charge is 0.405 e. The molecular weight excluding hydrogens is 376 g/mol. The molecule has 3 aromatic rings. The first kappa shape index (κ1) is 18.5. The van der Waals surface area contributed by atoms with E-state index in [1.807, 2.05) is 30.3 Å². The van der Waals surface area contributed by atoms with E-state index in [9.17, 15) is 4.79 Å². The van der Waals surface area contributed by atoms with Crippen molar-refractivity contribution >= 4 is 23.5 Å². The van der Waals surface area contributed by atoms with Gasteiger partial charge in [-0.3, -0.25) is 4.79 Å². The number of nitrogens with zero attached hydrogens (tertiary/aromatic N) is 3. The van der Waals surface area contributed by atoms with Crippen molar-refractivity contribution in [2.45, 2.75) is 25.3 Å². The van der Waals surface area contributed by atoms with Crippen LogP contribution in [0.15, 0.2) is 59.0 Å². The Morgan fingerprint density at radius 1 is 1.00 bits per heavy atom. The van der Waals surface area contributed by atoms with E-state index >= 15 is 0 Å². The molecule has 1 saturated heterocycles. The Bertz CT molecular complexity index is 921. The molecule has 1 N–H and O–H groups in total. The van der Waals surface area contributed by atoms with Crippen molar-refractivity contribution in [1.29, 1.82) is 0 Å². The molecule has 1 aliphatic rings. The maximum absolute atomic E-state index is 12.8. The number of piperidine rings is 1. The lowest BCUT2D eigenvalue weighted by Gasteiger charge is -2.24. The molecule has 2 heterocycles. The Kier molecular flexibility index (Phi) is 5.58. The summed E-state index contributed by atoms with van der Waals surface area (Å²) < 4.78 is 5.96. The highest BCUT2D eigenvalue weighted by Crippen LogP contribution is 2.25. The maximum atomic E-state index is 12.8. The van der Waals surface area contributed by atoms with Crippen LogP contribution < -0.4 is 10.2 Å². The van der Waals surface area contributed by atoms with Gasteiger partial charge in [-0.15, -0.1) is 5.10 Å². The summed E-state index contributed by atoms with van der Waals surface area (Å²) in [6, 6.07) is 16.3. The van der Waals surface area contributed by atoms with E-state index in [0.29, 0.717) is 22.5 Å². The Morgan fingerprint density at radius 3 is 2.43 bits per heavy atom. The number of aromatic nitrogens is 2. The average Bonchev–Trinajstić information content (AvgIpc) is 3.23. The molecule has 1 amide bonds. The van der Waals surface area contributed by atoms with Crippen molar-refractivity contribution in [3.63, 3.8) is 0 Å². The van der Waals surface area contributed by atoms with Crippen LogP contribution in [-0.2, 0) is 0 Å². The molecule has 1 fully saturated rings. The van der Waals surface area contributed by atoms with Gasteiger partial charge in [-0.2, -0.15) is 0 Å². The monoisotopic (exact) mass is 396 g/mol. The summed E-state index contributed by atoms with van der Waals surface area (Å²) in [5.41, 5.74) is 1.39. The van der Waals surface area contributed by atoms with Crippen molar-refractivity contribution < 1.29 is 9.21 Å². The number of carbonyl (C=O) groups excluding carboxylic acids is 1. The molecule has 0 aliphatic carbocycles. The Labute approximate surface area is 168 Å². The molecular formula is C21H21ClN4O2. The van der Waals surface area contributed by atoms with Gasteiger partial charge in [0.1, 0.15) is 6.04 Å². The van der Waals surface area contributed by atoms with Crippen LogP contribution in [0.2, 0.25) is 5.02 Å². The third-order valence-electron chi connectivity index (χ3n) is 4.82. The quantitative estimate of drug-likeness (QED) is 0.698. The second-order valence-corrected chi connectivity index (χ2v) is 7.23. The smallest absolute Gasteiger partial charge is 0.318 e. The highest BCUT2D eigenvalue weighted by molar-refractivity contribution is 6.30. The van der Waals surface area contributed by atoms with Gasteiger partial charge in [0.15, 0.2) is 0 Å². The maximum Gasteiger partial charge on any atom is 0.318 e. The van der Waals surface area contributed by atoms with Gasteiger partial charge >= 0.3 is 6.01 Å². The summed E-state index contributed by atoms with van der Waals surface area (Å²) in [7, 11) is 0. The number of carbonyl (C=O) groups is 1. The van der Waals surface area contributed by atoms with Crippen LogP contribution in [0.1, 0.15) is 47.1 Å². The number of rotatable bonds is 5. The predicted octanol–water partition coefficient (Wildman–Crippen LogP) is 4.23. The van der Waals surface area contributed by atoms with E-state index in [4.69, 9.17) is 16.0 Å². The Balaban J connectivity index is 1.60. The van der Waals surface area contributed by atoms with Crippen molar-refractivity contribution in [3.05, 3.63) is 76.6 Å². The van der Waals surface area contributed by atoms with Crippen LogP contribution in [0.25, 0.3) is 0 Å². The summed E-state index contributed by atoms with van der Waals surface area (Å²) >= 11 is 5.92. The van der Waals surface area contributed by atoms with Gasteiger partial charge in [0, 0.05) is 23.7 Å². The van der Waals surface area contributed by atoms with E-state index in [-0.39, 0.29) is 5.91 Å². The molecule has 1 aliphatic heterocycles. The fourth-order valence-corrected chi connectivity index (χ4v) is 3.43. The van der Waals surface area contributed by atoms with Crippen molar-refractivity contribution in [2.24, 2.45) is 0 Å². The zero-order chi connectivity index (χ0) is 19.3. The molecule has 0 spiro atoms. The summed E-state index contributed by atoms with van der Waals surface area (Å²) in [6.07, 6.45) is 3.46. The first-order valence-electron chi connectivity index (χ1n) is 9.40. The van der Waals surface area contributed by atoms with Crippen molar-refractivity contribution in [2.75, 3.05) is 18.0 Å². The van der Waals surface area contributed by atoms with Crippen LogP contribution >= 0.6 is 11.6 Å². The minimum absolute atomic E-state index is 0.233. The average molecular weight is 397 g/mol. The SMILES string of the molecule is O=C(N[C@@H](c1ccccc1)c1nnc(N2CCCCC2)o1)c1ccc(Cl)cc1.